The molecule has 17 heavy (non-hydrogen) atoms. The molecule has 1 aliphatic heterocycles. The molecule has 1 fully saturated rings. The number of hydrogen-bond donors (Lipinski definition) is 0. The van der Waals surface area contributed by atoms with Gasteiger partial charge in [0.05, 0.1) is 6.04 Å². The van der Waals surface area contributed by atoms with Crippen LogP contribution in [0.3, 0.4) is 0 Å². The van der Waals surface area contributed by atoms with E-state index in [1.165, 1.54) is 11.3 Å². The van der Waals surface area contributed by atoms with E-state index in [4.69, 9.17) is 0 Å². The van der Waals surface area contributed by atoms with E-state index in [1.54, 1.807) is 6.92 Å². The number of nitrogens with zero attached hydrogens (tertiary/aromatic N) is 2. The molecule has 1 aromatic carbocycles. The molecule has 3 nitrogen and oxygen atoms in total. The molecule has 92 valence electrons. The summed E-state index contributed by atoms with van der Waals surface area (Å²) in [6.45, 7) is 5.72. The Kier molecular flexibility index (Phi) is 3.36. The summed E-state index contributed by atoms with van der Waals surface area (Å²) in [6.07, 6.45) is 1.06. The number of benzene rings is 1. The van der Waals surface area contributed by atoms with Gasteiger partial charge in [-0.05, 0) is 31.0 Å². The van der Waals surface area contributed by atoms with Gasteiger partial charge < -0.3 is 9.80 Å². The first-order valence-electron chi connectivity index (χ1n) is 6.13. The minimum Gasteiger partial charge on any atom is -0.369 e. The fourth-order valence-corrected chi connectivity index (χ4v) is 2.37. The highest BCUT2D eigenvalue weighted by atomic mass is 16.2. The topological polar surface area (TPSA) is 23.6 Å². The molecule has 1 aliphatic rings. The maximum absolute atomic E-state index is 11.3. The Morgan fingerprint density at radius 2 is 2.24 bits per heavy atom. The largest absolute Gasteiger partial charge is 0.369 e. The molecule has 0 spiro atoms. The van der Waals surface area contributed by atoms with Gasteiger partial charge in [0.1, 0.15) is 0 Å². The van der Waals surface area contributed by atoms with Crippen LogP contribution >= 0.6 is 0 Å². The lowest BCUT2D eigenvalue weighted by Gasteiger charge is -2.24. The zero-order chi connectivity index (χ0) is 12.4. The monoisotopic (exact) mass is 232 g/mol. The summed E-state index contributed by atoms with van der Waals surface area (Å²) in [5.41, 5.74) is 2.55. The summed E-state index contributed by atoms with van der Waals surface area (Å²) in [5, 5.41) is 0. The van der Waals surface area contributed by atoms with Crippen LogP contribution in [-0.4, -0.2) is 37.0 Å². The first kappa shape index (κ1) is 12.0. The third-order valence-electron chi connectivity index (χ3n) is 3.57. The molecular weight excluding hydrogens is 212 g/mol. The molecule has 3 heteroatoms. The Balaban J connectivity index is 2.05. The normalized spacial score (nSPS) is 19.5. The number of hydrogen-bond acceptors (Lipinski definition) is 2. The van der Waals surface area contributed by atoms with Crippen molar-refractivity contribution in [2.45, 2.75) is 26.3 Å². The van der Waals surface area contributed by atoms with Crippen LogP contribution in [0.4, 0.5) is 5.69 Å². The SMILES string of the molecule is CC(=O)N(C)C1CCN(c2cccc(C)c2)C1. The summed E-state index contributed by atoms with van der Waals surface area (Å²) in [4.78, 5) is 15.6. The highest BCUT2D eigenvalue weighted by molar-refractivity contribution is 5.73. The van der Waals surface area contributed by atoms with Gasteiger partial charge in [-0.1, -0.05) is 12.1 Å². The first-order chi connectivity index (χ1) is 8.08. The summed E-state index contributed by atoms with van der Waals surface area (Å²) in [7, 11) is 1.90. The van der Waals surface area contributed by atoms with E-state index in [-0.39, 0.29) is 5.91 Å². The predicted molar refractivity (Wildman–Crippen MR) is 70.2 cm³/mol. The zero-order valence-corrected chi connectivity index (χ0v) is 10.8. The third kappa shape index (κ3) is 2.60. The Morgan fingerprint density at radius 1 is 1.47 bits per heavy atom. The van der Waals surface area contributed by atoms with Crippen LogP contribution in [0.2, 0.25) is 0 Å². The number of carbonyl (C=O) groups excluding carboxylic acids is 1. The fourth-order valence-electron chi connectivity index (χ4n) is 2.37. The summed E-state index contributed by atoms with van der Waals surface area (Å²) >= 11 is 0. The fraction of sp³-hybridized carbons (Fsp3) is 0.500. The smallest absolute Gasteiger partial charge is 0.219 e. The Labute approximate surface area is 103 Å². The highest BCUT2D eigenvalue weighted by Crippen LogP contribution is 2.23. The second kappa shape index (κ2) is 4.78. The van der Waals surface area contributed by atoms with Crippen LogP contribution in [0.15, 0.2) is 24.3 Å². The molecule has 1 amide bonds. The number of likely N-dealkylation sites (N-methyl/N-ethyl adjacent to an activating group) is 1. The van der Waals surface area contributed by atoms with E-state index < -0.39 is 0 Å². The molecule has 0 saturated carbocycles. The third-order valence-corrected chi connectivity index (χ3v) is 3.57. The van der Waals surface area contributed by atoms with Crippen molar-refractivity contribution in [1.82, 2.24) is 4.90 Å². The van der Waals surface area contributed by atoms with Crippen LogP contribution in [0.25, 0.3) is 0 Å². The standard InChI is InChI=1S/C14H20N2O/c1-11-5-4-6-13(9-11)16-8-7-14(10-16)15(3)12(2)17/h4-6,9,14H,7-8,10H2,1-3H3. The van der Waals surface area contributed by atoms with Gasteiger partial charge in [0.15, 0.2) is 0 Å². The average molecular weight is 232 g/mol. The lowest BCUT2D eigenvalue weighted by Crippen LogP contribution is -2.37. The van der Waals surface area contributed by atoms with Crippen LogP contribution in [0.5, 0.6) is 0 Å². The quantitative estimate of drug-likeness (QED) is 0.779. The molecule has 1 heterocycles. The van der Waals surface area contributed by atoms with Crippen molar-refractivity contribution < 1.29 is 4.79 Å². The van der Waals surface area contributed by atoms with Gasteiger partial charge in [-0.3, -0.25) is 4.79 Å². The van der Waals surface area contributed by atoms with Crippen molar-refractivity contribution in [3.05, 3.63) is 29.8 Å². The molecule has 0 aliphatic carbocycles. The van der Waals surface area contributed by atoms with Crippen molar-refractivity contribution in [3.8, 4) is 0 Å². The van der Waals surface area contributed by atoms with Crippen molar-refractivity contribution >= 4 is 11.6 Å². The average Bonchev–Trinajstić information content (AvgIpc) is 2.77. The maximum Gasteiger partial charge on any atom is 0.219 e. The molecule has 1 atom stereocenters. The van der Waals surface area contributed by atoms with E-state index in [2.05, 4.69) is 36.1 Å². The predicted octanol–water partition coefficient (Wildman–Crippen LogP) is 2.05. The van der Waals surface area contributed by atoms with Crippen molar-refractivity contribution in [2.24, 2.45) is 0 Å². The minimum absolute atomic E-state index is 0.154. The Bertz CT molecular complexity index is 416. The maximum atomic E-state index is 11.3. The number of rotatable bonds is 2. The van der Waals surface area contributed by atoms with Gasteiger partial charge in [-0.25, -0.2) is 0 Å². The number of anilines is 1. The summed E-state index contributed by atoms with van der Waals surface area (Å²) in [5.74, 6) is 0.154. The van der Waals surface area contributed by atoms with Crippen molar-refractivity contribution in [3.63, 3.8) is 0 Å². The lowest BCUT2D eigenvalue weighted by molar-refractivity contribution is -0.129. The van der Waals surface area contributed by atoms with E-state index in [1.807, 2.05) is 11.9 Å². The van der Waals surface area contributed by atoms with Gasteiger partial charge in [-0.15, -0.1) is 0 Å². The van der Waals surface area contributed by atoms with Crippen LogP contribution < -0.4 is 4.90 Å². The number of amides is 1. The molecular formula is C14H20N2O. The summed E-state index contributed by atoms with van der Waals surface area (Å²) in [6, 6.07) is 8.90. The van der Waals surface area contributed by atoms with Gasteiger partial charge in [0.25, 0.3) is 0 Å². The van der Waals surface area contributed by atoms with Gasteiger partial charge in [0, 0.05) is 32.7 Å². The molecule has 0 aromatic heterocycles. The van der Waals surface area contributed by atoms with Crippen LogP contribution in [-0.2, 0) is 4.79 Å². The second-order valence-corrected chi connectivity index (χ2v) is 4.86. The Hall–Kier alpha value is -1.51. The molecule has 0 N–H and O–H groups in total. The molecule has 1 saturated heterocycles. The summed E-state index contributed by atoms with van der Waals surface area (Å²) < 4.78 is 0. The lowest BCUT2D eigenvalue weighted by atomic mass is 10.2. The first-order valence-corrected chi connectivity index (χ1v) is 6.13. The van der Waals surface area contributed by atoms with Crippen molar-refractivity contribution in [1.29, 1.82) is 0 Å². The second-order valence-electron chi connectivity index (χ2n) is 4.86. The molecule has 0 bridgehead atoms. The van der Waals surface area contributed by atoms with E-state index >= 15 is 0 Å². The Morgan fingerprint density at radius 3 is 2.88 bits per heavy atom. The van der Waals surface area contributed by atoms with E-state index in [0.29, 0.717) is 6.04 Å². The number of carbonyl (C=O) groups is 1. The van der Waals surface area contributed by atoms with Gasteiger partial charge >= 0.3 is 0 Å². The molecule has 1 aromatic rings. The van der Waals surface area contributed by atoms with Crippen LogP contribution in [0, 0.1) is 6.92 Å². The molecule has 0 radical (unpaired) electrons. The van der Waals surface area contributed by atoms with Gasteiger partial charge in [-0.2, -0.15) is 0 Å². The molecule has 2 rings (SSSR count). The van der Waals surface area contributed by atoms with Crippen molar-refractivity contribution in [2.75, 3.05) is 25.0 Å². The zero-order valence-electron chi connectivity index (χ0n) is 10.8. The highest BCUT2D eigenvalue weighted by Gasteiger charge is 2.26. The van der Waals surface area contributed by atoms with Gasteiger partial charge in [0.2, 0.25) is 5.91 Å². The molecule has 1 unspecified atom stereocenters. The van der Waals surface area contributed by atoms with E-state index in [9.17, 15) is 4.79 Å². The minimum atomic E-state index is 0.154. The number of aryl methyl sites for hydroxylation is 1. The van der Waals surface area contributed by atoms with E-state index in [0.717, 1.165) is 19.5 Å². The van der Waals surface area contributed by atoms with Crippen LogP contribution in [0.1, 0.15) is 18.9 Å².